The standard InChI is InChI=1S/C17H22N2O2/c1-3-18-12-15-6-9-17(13-19-15)21-11-10-14-4-7-16(20-2)8-5-14/h4-9,13,18H,3,10-12H2,1-2H3. The molecule has 0 atom stereocenters. The molecule has 1 aromatic carbocycles. The second-order valence-corrected chi connectivity index (χ2v) is 4.71. The first-order chi connectivity index (χ1) is 10.3. The summed E-state index contributed by atoms with van der Waals surface area (Å²) in [6.07, 6.45) is 2.64. The van der Waals surface area contributed by atoms with Gasteiger partial charge in [0, 0.05) is 13.0 Å². The minimum absolute atomic E-state index is 0.639. The van der Waals surface area contributed by atoms with E-state index in [-0.39, 0.29) is 0 Å². The molecule has 0 aliphatic carbocycles. The lowest BCUT2D eigenvalue weighted by Crippen LogP contribution is -2.12. The van der Waals surface area contributed by atoms with Crippen molar-refractivity contribution < 1.29 is 9.47 Å². The summed E-state index contributed by atoms with van der Waals surface area (Å²) in [4.78, 5) is 4.36. The summed E-state index contributed by atoms with van der Waals surface area (Å²) in [7, 11) is 1.67. The Balaban J connectivity index is 1.77. The molecule has 0 bridgehead atoms. The van der Waals surface area contributed by atoms with Crippen LogP contribution >= 0.6 is 0 Å². The van der Waals surface area contributed by atoms with Crippen molar-refractivity contribution >= 4 is 0 Å². The highest BCUT2D eigenvalue weighted by Gasteiger charge is 1.98. The van der Waals surface area contributed by atoms with Crippen LogP contribution in [-0.4, -0.2) is 25.2 Å². The Morgan fingerprint density at radius 3 is 2.43 bits per heavy atom. The Bertz CT molecular complexity index is 523. The van der Waals surface area contributed by atoms with Crippen molar-refractivity contribution in [3.8, 4) is 11.5 Å². The Labute approximate surface area is 126 Å². The molecule has 4 nitrogen and oxygen atoms in total. The van der Waals surface area contributed by atoms with Crippen LogP contribution in [0.15, 0.2) is 42.6 Å². The number of nitrogens with zero attached hydrogens (tertiary/aromatic N) is 1. The van der Waals surface area contributed by atoms with Crippen molar-refractivity contribution in [1.29, 1.82) is 0 Å². The van der Waals surface area contributed by atoms with E-state index in [4.69, 9.17) is 9.47 Å². The van der Waals surface area contributed by atoms with Gasteiger partial charge in [0.05, 0.1) is 25.6 Å². The molecule has 21 heavy (non-hydrogen) atoms. The summed E-state index contributed by atoms with van der Waals surface area (Å²) in [5.41, 5.74) is 2.26. The smallest absolute Gasteiger partial charge is 0.137 e. The van der Waals surface area contributed by atoms with Crippen LogP contribution in [0.2, 0.25) is 0 Å². The van der Waals surface area contributed by atoms with Crippen LogP contribution in [0.3, 0.4) is 0 Å². The molecule has 0 aliphatic rings. The predicted molar refractivity (Wildman–Crippen MR) is 83.8 cm³/mol. The summed E-state index contributed by atoms with van der Waals surface area (Å²) in [5.74, 6) is 1.68. The number of rotatable bonds is 8. The van der Waals surface area contributed by atoms with E-state index < -0.39 is 0 Å². The lowest BCUT2D eigenvalue weighted by atomic mass is 10.1. The van der Waals surface area contributed by atoms with E-state index in [0.717, 1.165) is 36.7 Å². The van der Waals surface area contributed by atoms with E-state index in [2.05, 4.69) is 29.4 Å². The summed E-state index contributed by atoms with van der Waals surface area (Å²) < 4.78 is 10.8. The monoisotopic (exact) mass is 286 g/mol. The van der Waals surface area contributed by atoms with Crippen molar-refractivity contribution in [2.45, 2.75) is 19.9 Å². The van der Waals surface area contributed by atoms with Crippen LogP contribution in [0.4, 0.5) is 0 Å². The Kier molecular flexibility index (Phi) is 6.03. The second kappa shape index (κ2) is 8.27. The van der Waals surface area contributed by atoms with Crippen molar-refractivity contribution in [2.75, 3.05) is 20.3 Å². The zero-order valence-corrected chi connectivity index (χ0v) is 12.6. The van der Waals surface area contributed by atoms with Gasteiger partial charge in [-0.2, -0.15) is 0 Å². The summed E-state index contributed by atoms with van der Waals surface area (Å²) >= 11 is 0. The van der Waals surface area contributed by atoms with Crippen molar-refractivity contribution in [1.82, 2.24) is 10.3 Å². The highest BCUT2D eigenvalue weighted by Crippen LogP contribution is 2.13. The molecular formula is C17H22N2O2. The molecule has 2 rings (SSSR count). The van der Waals surface area contributed by atoms with Gasteiger partial charge in [-0.1, -0.05) is 19.1 Å². The first-order valence-corrected chi connectivity index (χ1v) is 7.23. The largest absolute Gasteiger partial charge is 0.497 e. The lowest BCUT2D eigenvalue weighted by molar-refractivity contribution is 0.320. The van der Waals surface area contributed by atoms with E-state index in [9.17, 15) is 0 Å². The number of nitrogens with one attached hydrogen (secondary N) is 1. The molecule has 0 amide bonds. The van der Waals surface area contributed by atoms with Gasteiger partial charge in [0.15, 0.2) is 0 Å². The van der Waals surface area contributed by atoms with E-state index in [1.807, 2.05) is 24.3 Å². The highest BCUT2D eigenvalue weighted by atomic mass is 16.5. The summed E-state index contributed by atoms with van der Waals surface area (Å²) in [6.45, 7) is 4.46. The maximum atomic E-state index is 5.71. The van der Waals surface area contributed by atoms with E-state index >= 15 is 0 Å². The fourth-order valence-electron chi connectivity index (χ4n) is 1.93. The summed E-state index contributed by atoms with van der Waals surface area (Å²) in [5, 5.41) is 3.24. The number of aromatic nitrogens is 1. The molecule has 1 N–H and O–H groups in total. The van der Waals surface area contributed by atoms with Crippen LogP contribution in [0.5, 0.6) is 11.5 Å². The molecule has 0 fully saturated rings. The van der Waals surface area contributed by atoms with Gasteiger partial charge in [0.1, 0.15) is 11.5 Å². The topological polar surface area (TPSA) is 43.4 Å². The van der Waals surface area contributed by atoms with Gasteiger partial charge in [-0.15, -0.1) is 0 Å². The molecule has 0 aliphatic heterocycles. The van der Waals surface area contributed by atoms with Gasteiger partial charge in [0.2, 0.25) is 0 Å². The van der Waals surface area contributed by atoms with Crippen molar-refractivity contribution in [2.24, 2.45) is 0 Å². The van der Waals surface area contributed by atoms with Gasteiger partial charge in [0.25, 0.3) is 0 Å². The third-order valence-electron chi connectivity index (χ3n) is 3.17. The number of benzene rings is 1. The minimum atomic E-state index is 0.639. The van der Waals surface area contributed by atoms with Crippen molar-refractivity contribution in [3.63, 3.8) is 0 Å². The quantitative estimate of drug-likeness (QED) is 0.810. The summed E-state index contributed by atoms with van der Waals surface area (Å²) in [6, 6.07) is 12.0. The van der Waals surface area contributed by atoms with E-state index in [0.29, 0.717) is 6.61 Å². The molecule has 112 valence electrons. The van der Waals surface area contributed by atoms with Crippen molar-refractivity contribution in [3.05, 3.63) is 53.9 Å². The van der Waals surface area contributed by atoms with E-state index in [1.54, 1.807) is 13.3 Å². The molecule has 0 saturated heterocycles. The molecular weight excluding hydrogens is 264 g/mol. The number of pyridine rings is 1. The molecule has 2 aromatic rings. The molecule has 1 heterocycles. The van der Waals surface area contributed by atoms with Gasteiger partial charge in [-0.05, 0) is 36.4 Å². The third kappa shape index (κ3) is 5.08. The molecule has 4 heteroatoms. The number of ether oxygens (including phenoxy) is 2. The highest BCUT2D eigenvalue weighted by molar-refractivity contribution is 5.27. The number of methoxy groups -OCH3 is 1. The molecule has 0 radical (unpaired) electrons. The maximum absolute atomic E-state index is 5.71. The van der Waals surface area contributed by atoms with Gasteiger partial charge in [-0.25, -0.2) is 0 Å². The normalized spacial score (nSPS) is 10.4. The molecule has 0 saturated carbocycles. The van der Waals surface area contributed by atoms with Crippen LogP contribution in [-0.2, 0) is 13.0 Å². The zero-order chi connectivity index (χ0) is 14.9. The number of hydrogen-bond acceptors (Lipinski definition) is 4. The Hall–Kier alpha value is -2.07. The predicted octanol–water partition coefficient (Wildman–Crippen LogP) is 2.82. The SMILES string of the molecule is CCNCc1ccc(OCCc2ccc(OC)cc2)cn1. The third-order valence-corrected chi connectivity index (χ3v) is 3.17. The first-order valence-electron chi connectivity index (χ1n) is 7.23. The van der Waals surface area contributed by atoms with Crippen LogP contribution in [0.25, 0.3) is 0 Å². The zero-order valence-electron chi connectivity index (χ0n) is 12.6. The average Bonchev–Trinajstić information content (AvgIpc) is 2.55. The fourth-order valence-corrected chi connectivity index (χ4v) is 1.93. The Morgan fingerprint density at radius 2 is 1.81 bits per heavy atom. The molecule has 0 spiro atoms. The first kappa shape index (κ1) is 15.3. The Morgan fingerprint density at radius 1 is 1.05 bits per heavy atom. The molecule has 0 unspecified atom stereocenters. The average molecular weight is 286 g/mol. The fraction of sp³-hybridized carbons (Fsp3) is 0.353. The van der Waals surface area contributed by atoms with Gasteiger partial charge in [-0.3, -0.25) is 4.98 Å². The minimum Gasteiger partial charge on any atom is -0.497 e. The number of hydrogen-bond donors (Lipinski definition) is 1. The van der Waals surface area contributed by atoms with Crippen LogP contribution in [0.1, 0.15) is 18.2 Å². The van der Waals surface area contributed by atoms with Gasteiger partial charge >= 0.3 is 0 Å². The van der Waals surface area contributed by atoms with Crippen LogP contribution in [0, 0.1) is 0 Å². The lowest BCUT2D eigenvalue weighted by Gasteiger charge is -2.07. The maximum Gasteiger partial charge on any atom is 0.137 e. The van der Waals surface area contributed by atoms with E-state index in [1.165, 1.54) is 5.56 Å². The van der Waals surface area contributed by atoms with Crippen LogP contribution < -0.4 is 14.8 Å². The second-order valence-electron chi connectivity index (χ2n) is 4.71. The molecule has 1 aromatic heterocycles. The van der Waals surface area contributed by atoms with Gasteiger partial charge < -0.3 is 14.8 Å².